The van der Waals surface area contributed by atoms with E-state index in [0.29, 0.717) is 30.3 Å². The second-order valence-corrected chi connectivity index (χ2v) is 5.16. The van der Waals surface area contributed by atoms with E-state index >= 15 is 0 Å². The van der Waals surface area contributed by atoms with E-state index in [4.69, 9.17) is 5.73 Å². The lowest BCUT2D eigenvalue weighted by Crippen LogP contribution is -2.28. The third-order valence-corrected chi connectivity index (χ3v) is 3.48. The summed E-state index contributed by atoms with van der Waals surface area (Å²) >= 11 is 0. The number of benzene rings is 1. The zero-order valence-corrected chi connectivity index (χ0v) is 11.7. The van der Waals surface area contributed by atoms with E-state index in [1.807, 2.05) is 6.92 Å². The van der Waals surface area contributed by atoms with Crippen LogP contribution in [0.1, 0.15) is 36.5 Å². The van der Waals surface area contributed by atoms with Crippen molar-refractivity contribution in [1.29, 1.82) is 0 Å². The summed E-state index contributed by atoms with van der Waals surface area (Å²) in [4.78, 5) is 23.7. The summed E-state index contributed by atoms with van der Waals surface area (Å²) in [6.07, 6.45) is 2.85. The van der Waals surface area contributed by atoms with Gasteiger partial charge in [0.05, 0.1) is 5.92 Å². The molecule has 0 aliphatic heterocycles. The molecule has 0 radical (unpaired) electrons. The maximum absolute atomic E-state index is 11.9. The Bertz CT molecular complexity index is 476. The summed E-state index contributed by atoms with van der Waals surface area (Å²) in [5, 5.41) is 5.74. The molecule has 2 rings (SSSR count). The number of amides is 2. The van der Waals surface area contributed by atoms with E-state index in [2.05, 4.69) is 10.6 Å². The van der Waals surface area contributed by atoms with Crippen molar-refractivity contribution in [3.8, 4) is 0 Å². The monoisotopic (exact) mass is 275 g/mol. The first-order valence-electron chi connectivity index (χ1n) is 7.06. The molecule has 5 heteroatoms. The third-order valence-electron chi connectivity index (χ3n) is 3.48. The number of hydrogen-bond donors (Lipinski definition) is 3. The van der Waals surface area contributed by atoms with Gasteiger partial charge in [-0.1, -0.05) is 6.92 Å². The smallest absolute Gasteiger partial charge is 0.251 e. The van der Waals surface area contributed by atoms with Crippen molar-refractivity contribution in [3.05, 3.63) is 29.8 Å². The minimum atomic E-state index is -0.173. The highest BCUT2D eigenvalue weighted by molar-refractivity contribution is 5.96. The SMILES string of the molecule is CCC(CN)C(=O)Nc1ccc(C(=O)NC2CC2)cc1. The third kappa shape index (κ3) is 3.81. The van der Waals surface area contributed by atoms with Crippen LogP contribution >= 0.6 is 0 Å². The molecule has 0 spiro atoms. The topological polar surface area (TPSA) is 84.2 Å². The maximum Gasteiger partial charge on any atom is 0.251 e. The molecule has 1 atom stereocenters. The van der Waals surface area contributed by atoms with Crippen molar-refractivity contribution in [2.75, 3.05) is 11.9 Å². The van der Waals surface area contributed by atoms with Gasteiger partial charge in [-0.2, -0.15) is 0 Å². The molecule has 2 amide bonds. The highest BCUT2D eigenvalue weighted by Crippen LogP contribution is 2.19. The first-order chi connectivity index (χ1) is 9.63. The van der Waals surface area contributed by atoms with Gasteiger partial charge in [-0.05, 0) is 43.5 Å². The van der Waals surface area contributed by atoms with Gasteiger partial charge in [0.15, 0.2) is 0 Å². The number of rotatable bonds is 6. The summed E-state index contributed by atoms with van der Waals surface area (Å²) < 4.78 is 0. The largest absolute Gasteiger partial charge is 0.349 e. The fraction of sp³-hybridized carbons (Fsp3) is 0.467. The molecule has 5 nitrogen and oxygen atoms in total. The van der Waals surface area contributed by atoms with Crippen molar-refractivity contribution in [3.63, 3.8) is 0 Å². The number of nitrogens with two attached hydrogens (primary N) is 1. The molecule has 108 valence electrons. The van der Waals surface area contributed by atoms with Crippen LogP contribution in [0.5, 0.6) is 0 Å². The Balaban J connectivity index is 1.93. The number of nitrogens with one attached hydrogen (secondary N) is 2. The number of carbonyl (C=O) groups excluding carboxylic acids is 2. The van der Waals surface area contributed by atoms with E-state index in [9.17, 15) is 9.59 Å². The van der Waals surface area contributed by atoms with Gasteiger partial charge in [0.1, 0.15) is 0 Å². The Hall–Kier alpha value is -1.88. The first-order valence-corrected chi connectivity index (χ1v) is 7.06. The summed E-state index contributed by atoms with van der Waals surface area (Å²) in [5.74, 6) is -0.309. The molecule has 4 N–H and O–H groups in total. The fourth-order valence-electron chi connectivity index (χ4n) is 1.90. The van der Waals surface area contributed by atoms with Crippen LogP contribution in [0, 0.1) is 5.92 Å². The number of anilines is 1. The van der Waals surface area contributed by atoms with Gasteiger partial charge < -0.3 is 16.4 Å². The number of carbonyl (C=O) groups is 2. The minimum absolute atomic E-state index is 0.0567. The average molecular weight is 275 g/mol. The van der Waals surface area contributed by atoms with Crippen LogP contribution in [0.15, 0.2) is 24.3 Å². The molecular formula is C15H21N3O2. The lowest BCUT2D eigenvalue weighted by molar-refractivity contribution is -0.119. The van der Waals surface area contributed by atoms with E-state index in [-0.39, 0.29) is 17.7 Å². The van der Waals surface area contributed by atoms with Gasteiger partial charge in [0.2, 0.25) is 5.91 Å². The maximum atomic E-state index is 11.9. The first kappa shape index (κ1) is 14.5. The Morgan fingerprint density at radius 3 is 2.45 bits per heavy atom. The van der Waals surface area contributed by atoms with Crippen LogP contribution in [-0.2, 0) is 4.79 Å². The second-order valence-electron chi connectivity index (χ2n) is 5.16. The van der Waals surface area contributed by atoms with Gasteiger partial charge in [0, 0.05) is 23.8 Å². The molecule has 0 heterocycles. The van der Waals surface area contributed by atoms with Crippen molar-refractivity contribution in [2.45, 2.75) is 32.2 Å². The van der Waals surface area contributed by atoms with Crippen molar-refractivity contribution >= 4 is 17.5 Å². The molecule has 1 aliphatic rings. The Kier molecular flexibility index (Phi) is 4.74. The molecule has 20 heavy (non-hydrogen) atoms. The zero-order valence-electron chi connectivity index (χ0n) is 11.7. The van der Waals surface area contributed by atoms with Gasteiger partial charge >= 0.3 is 0 Å². The van der Waals surface area contributed by atoms with Gasteiger partial charge in [-0.15, -0.1) is 0 Å². The lowest BCUT2D eigenvalue weighted by Gasteiger charge is -2.12. The molecule has 1 aromatic rings. The Labute approximate surface area is 118 Å². The van der Waals surface area contributed by atoms with Crippen LogP contribution in [0.2, 0.25) is 0 Å². The second kappa shape index (κ2) is 6.52. The summed E-state index contributed by atoms with van der Waals surface area (Å²) in [6, 6.07) is 7.26. The Morgan fingerprint density at radius 2 is 1.95 bits per heavy atom. The zero-order chi connectivity index (χ0) is 14.5. The lowest BCUT2D eigenvalue weighted by atomic mass is 10.1. The molecule has 0 aromatic heterocycles. The van der Waals surface area contributed by atoms with Crippen LogP contribution in [-0.4, -0.2) is 24.4 Å². The fourth-order valence-corrected chi connectivity index (χ4v) is 1.90. The van der Waals surface area contributed by atoms with E-state index in [1.165, 1.54) is 0 Å². The van der Waals surface area contributed by atoms with Crippen molar-refractivity contribution < 1.29 is 9.59 Å². The van der Waals surface area contributed by atoms with Crippen LogP contribution in [0.4, 0.5) is 5.69 Å². The van der Waals surface area contributed by atoms with Crippen LogP contribution in [0.25, 0.3) is 0 Å². The predicted molar refractivity (Wildman–Crippen MR) is 78.4 cm³/mol. The summed E-state index contributed by atoms with van der Waals surface area (Å²) in [5.41, 5.74) is 6.84. The molecule has 1 saturated carbocycles. The molecule has 1 unspecified atom stereocenters. The normalized spacial score (nSPS) is 15.5. The van der Waals surface area contributed by atoms with E-state index in [0.717, 1.165) is 12.8 Å². The van der Waals surface area contributed by atoms with Crippen LogP contribution < -0.4 is 16.4 Å². The molecule has 1 aromatic carbocycles. The van der Waals surface area contributed by atoms with Gasteiger partial charge in [-0.3, -0.25) is 9.59 Å². The highest BCUT2D eigenvalue weighted by Gasteiger charge is 2.23. The predicted octanol–water partition coefficient (Wildman–Crippen LogP) is 1.50. The average Bonchev–Trinajstić information content (AvgIpc) is 3.25. The molecule has 1 fully saturated rings. The quantitative estimate of drug-likeness (QED) is 0.735. The van der Waals surface area contributed by atoms with Crippen molar-refractivity contribution in [2.24, 2.45) is 11.7 Å². The van der Waals surface area contributed by atoms with Gasteiger partial charge in [0.25, 0.3) is 5.91 Å². The molecular weight excluding hydrogens is 254 g/mol. The Morgan fingerprint density at radius 1 is 1.30 bits per heavy atom. The van der Waals surface area contributed by atoms with E-state index < -0.39 is 0 Å². The van der Waals surface area contributed by atoms with E-state index in [1.54, 1.807) is 24.3 Å². The van der Waals surface area contributed by atoms with Crippen LogP contribution in [0.3, 0.4) is 0 Å². The molecule has 0 bridgehead atoms. The van der Waals surface area contributed by atoms with Crippen molar-refractivity contribution in [1.82, 2.24) is 5.32 Å². The minimum Gasteiger partial charge on any atom is -0.349 e. The van der Waals surface area contributed by atoms with Gasteiger partial charge in [-0.25, -0.2) is 0 Å². The summed E-state index contributed by atoms with van der Waals surface area (Å²) in [7, 11) is 0. The highest BCUT2D eigenvalue weighted by atomic mass is 16.2. The molecule has 1 aliphatic carbocycles. The summed E-state index contributed by atoms with van der Waals surface area (Å²) in [6.45, 7) is 2.27. The molecule has 0 saturated heterocycles. The standard InChI is InChI=1S/C15H21N3O2/c1-2-10(9-16)14(19)17-12-5-3-11(4-6-12)15(20)18-13-7-8-13/h3-6,10,13H,2,7-9,16H2,1H3,(H,17,19)(H,18,20). The number of hydrogen-bond acceptors (Lipinski definition) is 3.